The van der Waals surface area contributed by atoms with Crippen LogP contribution in [-0.2, 0) is 16.0 Å². The van der Waals surface area contributed by atoms with Crippen LogP contribution in [0.4, 0.5) is 5.69 Å². The third kappa shape index (κ3) is 8.93. The molecule has 4 aromatic rings. The maximum atomic E-state index is 13.2. The van der Waals surface area contributed by atoms with Crippen molar-refractivity contribution in [3.63, 3.8) is 0 Å². The van der Waals surface area contributed by atoms with Crippen LogP contribution < -0.4 is 10.6 Å². The van der Waals surface area contributed by atoms with Gasteiger partial charge in [-0.2, -0.15) is 0 Å². The highest BCUT2D eigenvalue weighted by Crippen LogP contribution is 2.35. The maximum Gasteiger partial charge on any atom is 0.262 e. The lowest BCUT2D eigenvalue weighted by atomic mass is 9.87. The van der Waals surface area contributed by atoms with E-state index in [0.29, 0.717) is 0 Å². The summed E-state index contributed by atoms with van der Waals surface area (Å²) in [5.74, 6) is -1.71. The molecule has 3 aliphatic rings. The number of carbonyl (C=O) groups excluding carboxylic acids is 4. The van der Waals surface area contributed by atoms with E-state index in [2.05, 4.69) is 75.9 Å². The zero-order valence-electron chi connectivity index (χ0n) is 32.1. The lowest BCUT2D eigenvalue weighted by molar-refractivity contribution is -0.136. The van der Waals surface area contributed by atoms with Gasteiger partial charge in [0.1, 0.15) is 11.8 Å². The Labute approximate surface area is 329 Å². The van der Waals surface area contributed by atoms with E-state index in [0.717, 1.165) is 94.1 Å². The number of phenols is 1. The molecule has 0 saturated carbocycles. The van der Waals surface area contributed by atoms with Crippen molar-refractivity contribution in [3.8, 4) is 5.75 Å². The van der Waals surface area contributed by atoms with Crippen molar-refractivity contribution < 1.29 is 24.3 Å². The average Bonchev–Trinajstić information content (AvgIpc) is 3.32. The van der Waals surface area contributed by atoms with E-state index in [1.807, 2.05) is 18.2 Å². The van der Waals surface area contributed by atoms with Crippen LogP contribution in [0, 0.1) is 0 Å². The summed E-state index contributed by atoms with van der Waals surface area (Å²) in [6.45, 7) is 9.24. The quantitative estimate of drug-likeness (QED) is 0.0748. The SMILES string of the molecule is CCC(=C(c1ccc(O)cc1)c1ccc(CCCN2CCCN(CCCNc3ccc4c(c3)C(=O)N(C3CCC(=O)NC3=O)C4=O)CC2)cc1)c1ccccc1. The van der Waals surface area contributed by atoms with E-state index in [-0.39, 0.29) is 35.6 Å². The van der Waals surface area contributed by atoms with E-state index >= 15 is 0 Å². The van der Waals surface area contributed by atoms with E-state index < -0.39 is 23.8 Å². The Bertz CT molecular complexity index is 2080. The number of anilines is 1. The second-order valence-electron chi connectivity index (χ2n) is 14.9. The minimum absolute atomic E-state index is 0.0983. The second kappa shape index (κ2) is 17.9. The number of allylic oxidation sites excluding steroid dienone is 1. The first-order valence-corrected chi connectivity index (χ1v) is 20.0. The number of benzene rings is 4. The van der Waals surface area contributed by atoms with Gasteiger partial charge in [0.15, 0.2) is 0 Å². The normalized spacial score (nSPS) is 18.4. The minimum atomic E-state index is -0.964. The van der Waals surface area contributed by atoms with E-state index in [1.54, 1.807) is 30.3 Å². The molecule has 0 bridgehead atoms. The van der Waals surface area contributed by atoms with Crippen molar-refractivity contribution in [2.24, 2.45) is 0 Å². The number of aromatic hydroxyl groups is 1. The fourth-order valence-electron chi connectivity index (χ4n) is 8.24. The van der Waals surface area contributed by atoms with Crippen molar-refractivity contribution in [3.05, 3.63) is 130 Å². The third-order valence-electron chi connectivity index (χ3n) is 11.2. The van der Waals surface area contributed by atoms with Gasteiger partial charge < -0.3 is 20.2 Å². The van der Waals surface area contributed by atoms with Crippen LogP contribution in [0.1, 0.15) is 88.4 Å². The van der Waals surface area contributed by atoms with Crippen LogP contribution in [-0.4, -0.2) is 95.3 Å². The molecule has 3 aliphatic heterocycles. The molecule has 10 heteroatoms. The van der Waals surface area contributed by atoms with Gasteiger partial charge in [-0.25, -0.2) is 0 Å². The van der Waals surface area contributed by atoms with Gasteiger partial charge >= 0.3 is 0 Å². The Balaban J connectivity index is 0.860. The second-order valence-corrected chi connectivity index (χ2v) is 14.9. The molecule has 3 heterocycles. The molecule has 1 atom stereocenters. The van der Waals surface area contributed by atoms with Crippen LogP contribution >= 0.6 is 0 Å². The Hall–Kier alpha value is -5.58. The van der Waals surface area contributed by atoms with Crippen molar-refractivity contribution in [2.45, 2.75) is 57.9 Å². The third-order valence-corrected chi connectivity index (χ3v) is 11.2. The van der Waals surface area contributed by atoms with Gasteiger partial charge in [0.05, 0.1) is 11.1 Å². The van der Waals surface area contributed by atoms with E-state index in [9.17, 15) is 24.3 Å². The van der Waals surface area contributed by atoms with Crippen molar-refractivity contribution in [1.29, 1.82) is 0 Å². The largest absolute Gasteiger partial charge is 0.508 e. The van der Waals surface area contributed by atoms with Crippen molar-refractivity contribution >= 4 is 40.5 Å². The molecule has 2 saturated heterocycles. The van der Waals surface area contributed by atoms with Crippen molar-refractivity contribution in [2.75, 3.05) is 51.1 Å². The zero-order chi connectivity index (χ0) is 39.0. The van der Waals surface area contributed by atoms with E-state index in [4.69, 9.17) is 0 Å². The summed E-state index contributed by atoms with van der Waals surface area (Å²) in [6, 6.07) is 31.3. The summed E-state index contributed by atoms with van der Waals surface area (Å²) in [4.78, 5) is 56.2. The lowest BCUT2D eigenvalue weighted by Gasteiger charge is -2.27. The molecule has 3 N–H and O–H groups in total. The number of phenolic OH excluding ortho intramolecular Hbond substituents is 1. The summed E-state index contributed by atoms with van der Waals surface area (Å²) in [5.41, 5.74) is 8.66. The Morgan fingerprint density at radius 3 is 2.09 bits per heavy atom. The van der Waals surface area contributed by atoms with E-state index in [1.165, 1.54) is 27.8 Å². The number of aryl methyl sites for hydroxylation is 1. The van der Waals surface area contributed by atoms with Crippen LogP contribution in [0.3, 0.4) is 0 Å². The van der Waals surface area contributed by atoms with Gasteiger partial charge in [-0.1, -0.05) is 73.7 Å². The van der Waals surface area contributed by atoms with Crippen LogP contribution in [0.2, 0.25) is 0 Å². The number of amides is 4. The molecule has 290 valence electrons. The molecule has 56 heavy (non-hydrogen) atoms. The van der Waals surface area contributed by atoms with Gasteiger partial charge in [-0.05, 0) is 128 Å². The van der Waals surface area contributed by atoms with Crippen LogP contribution in [0.5, 0.6) is 5.75 Å². The molecule has 4 amide bonds. The molecule has 0 radical (unpaired) electrons. The van der Waals surface area contributed by atoms with Crippen LogP contribution in [0.25, 0.3) is 11.1 Å². The van der Waals surface area contributed by atoms with Crippen LogP contribution in [0.15, 0.2) is 97.1 Å². The molecule has 1 unspecified atom stereocenters. The number of hydrogen-bond acceptors (Lipinski definition) is 8. The number of nitrogens with one attached hydrogen (secondary N) is 2. The number of nitrogens with zero attached hydrogens (tertiary/aromatic N) is 3. The number of piperidine rings is 1. The highest BCUT2D eigenvalue weighted by atomic mass is 16.3. The first-order valence-electron chi connectivity index (χ1n) is 20.0. The first-order chi connectivity index (χ1) is 27.3. The minimum Gasteiger partial charge on any atom is -0.508 e. The van der Waals surface area contributed by atoms with Crippen molar-refractivity contribution in [1.82, 2.24) is 20.0 Å². The standard InChI is InChI=1S/C46H51N5O5/c1-2-38(33-10-4-3-5-11-33)43(35-16-19-37(52)20-17-35)34-14-12-32(13-15-34)9-6-25-49-27-8-28-50(30-29-49)26-7-24-47-36-18-21-39-40(31-36)46(56)51(45(39)55)41-22-23-42(53)48-44(41)54/h3-5,10-21,31,41,47,52H,2,6-9,22-30H2,1H3,(H,48,53,54). The lowest BCUT2D eigenvalue weighted by Crippen LogP contribution is -2.54. The molecule has 0 aliphatic carbocycles. The molecule has 2 fully saturated rings. The molecule has 0 spiro atoms. The molecule has 4 aromatic carbocycles. The molecule has 7 rings (SSSR count). The number of rotatable bonds is 14. The fourth-order valence-corrected chi connectivity index (χ4v) is 8.24. The zero-order valence-corrected chi connectivity index (χ0v) is 32.1. The molecular weight excluding hydrogens is 703 g/mol. The number of fused-ring (bicyclic) bond motifs is 1. The fraction of sp³-hybridized carbons (Fsp3) is 0.348. The molecule has 0 aromatic heterocycles. The average molecular weight is 754 g/mol. The number of carbonyl (C=O) groups is 4. The summed E-state index contributed by atoms with van der Waals surface area (Å²) in [6.07, 6.45) is 5.35. The van der Waals surface area contributed by atoms with Gasteiger partial charge in [0.2, 0.25) is 11.8 Å². The highest BCUT2D eigenvalue weighted by molar-refractivity contribution is 6.23. The highest BCUT2D eigenvalue weighted by Gasteiger charge is 2.44. The van der Waals surface area contributed by atoms with Gasteiger partial charge in [0, 0.05) is 31.7 Å². The Morgan fingerprint density at radius 2 is 1.41 bits per heavy atom. The monoisotopic (exact) mass is 753 g/mol. The maximum absolute atomic E-state index is 13.2. The topological polar surface area (TPSA) is 122 Å². The molecule has 10 nitrogen and oxygen atoms in total. The number of hydrogen-bond donors (Lipinski definition) is 3. The summed E-state index contributed by atoms with van der Waals surface area (Å²) < 4.78 is 0. The Kier molecular flexibility index (Phi) is 12.4. The summed E-state index contributed by atoms with van der Waals surface area (Å²) in [7, 11) is 0. The van der Waals surface area contributed by atoms with Gasteiger partial charge in [0.25, 0.3) is 11.8 Å². The predicted octanol–water partition coefficient (Wildman–Crippen LogP) is 6.61. The smallest absolute Gasteiger partial charge is 0.262 e. The Morgan fingerprint density at radius 1 is 0.750 bits per heavy atom. The number of imide groups is 2. The summed E-state index contributed by atoms with van der Waals surface area (Å²) >= 11 is 0. The van der Waals surface area contributed by atoms with Gasteiger partial charge in [-0.15, -0.1) is 0 Å². The summed E-state index contributed by atoms with van der Waals surface area (Å²) in [5, 5.41) is 15.6. The predicted molar refractivity (Wildman–Crippen MR) is 219 cm³/mol. The molecular formula is C46H51N5O5. The van der Waals surface area contributed by atoms with Gasteiger partial charge in [-0.3, -0.25) is 29.4 Å². The first kappa shape index (κ1) is 38.7.